The molecular formula is C18H30O3. The summed E-state index contributed by atoms with van der Waals surface area (Å²) in [6.07, 6.45) is 4.09. The van der Waals surface area contributed by atoms with E-state index >= 15 is 0 Å². The Balaban J connectivity index is 2.47. The minimum Gasteiger partial charge on any atom is -0.394 e. The van der Waals surface area contributed by atoms with Gasteiger partial charge in [-0.05, 0) is 17.9 Å². The summed E-state index contributed by atoms with van der Waals surface area (Å²) in [4.78, 5) is 0. The van der Waals surface area contributed by atoms with Crippen molar-refractivity contribution in [3.8, 4) is 0 Å². The maximum absolute atomic E-state index is 9.93. The third-order valence-corrected chi connectivity index (χ3v) is 4.03. The summed E-state index contributed by atoms with van der Waals surface area (Å²) in [5.74, 6) is 0.693. The Bertz CT molecular complexity index is 353. The van der Waals surface area contributed by atoms with Crippen molar-refractivity contribution >= 4 is 0 Å². The van der Waals surface area contributed by atoms with Crippen LogP contribution in [0.4, 0.5) is 0 Å². The first-order valence-electron chi connectivity index (χ1n) is 8.15. The summed E-state index contributed by atoms with van der Waals surface area (Å²) in [7, 11) is 0. The average Bonchev–Trinajstić information content (AvgIpc) is 2.53. The van der Waals surface area contributed by atoms with Gasteiger partial charge in [0.05, 0.1) is 12.7 Å². The van der Waals surface area contributed by atoms with Gasteiger partial charge < -0.3 is 14.9 Å². The molecule has 0 radical (unpaired) electrons. The second kappa shape index (κ2) is 10.8. The van der Waals surface area contributed by atoms with Crippen molar-refractivity contribution in [2.45, 2.75) is 58.2 Å². The lowest BCUT2D eigenvalue weighted by atomic mass is 9.97. The van der Waals surface area contributed by atoms with Crippen LogP contribution in [-0.2, 0) is 11.2 Å². The maximum Gasteiger partial charge on any atom is 0.103 e. The fourth-order valence-electron chi connectivity index (χ4n) is 2.62. The van der Waals surface area contributed by atoms with Crippen molar-refractivity contribution < 1.29 is 14.9 Å². The van der Waals surface area contributed by atoms with Gasteiger partial charge in [-0.15, -0.1) is 0 Å². The molecule has 21 heavy (non-hydrogen) atoms. The Morgan fingerprint density at radius 3 is 2.38 bits per heavy atom. The quantitative estimate of drug-likeness (QED) is 0.659. The summed E-state index contributed by atoms with van der Waals surface area (Å²) >= 11 is 0. The zero-order valence-electron chi connectivity index (χ0n) is 13.4. The highest BCUT2D eigenvalue weighted by Crippen LogP contribution is 2.17. The van der Waals surface area contributed by atoms with Crippen molar-refractivity contribution in [1.29, 1.82) is 0 Å². The lowest BCUT2D eigenvalue weighted by Gasteiger charge is -2.23. The van der Waals surface area contributed by atoms with Crippen molar-refractivity contribution in [2.75, 3.05) is 13.2 Å². The molecule has 1 aromatic rings. The first kappa shape index (κ1) is 18.1. The molecule has 3 unspecified atom stereocenters. The molecule has 0 aromatic heterocycles. The van der Waals surface area contributed by atoms with Crippen molar-refractivity contribution in [2.24, 2.45) is 5.92 Å². The number of hydrogen-bond acceptors (Lipinski definition) is 3. The van der Waals surface area contributed by atoms with Crippen LogP contribution >= 0.6 is 0 Å². The molecule has 120 valence electrons. The third kappa shape index (κ3) is 7.07. The minimum absolute atomic E-state index is 0.260. The van der Waals surface area contributed by atoms with Gasteiger partial charge in [-0.3, -0.25) is 0 Å². The molecule has 3 heteroatoms. The Labute approximate surface area is 129 Å². The first-order chi connectivity index (χ1) is 10.2. The molecule has 0 heterocycles. The molecule has 0 aliphatic rings. The van der Waals surface area contributed by atoms with Crippen molar-refractivity contribution in [3.05, 3.63) is 35.9 Å². The summed E-state index contributed by atoms with van der Waals surface area (Å²) in [6, 6.07) is 9.97. The largest absolute Gasteiger partial charge is 0.394 e. The molecule has 0 amide bonds. The fraction of sp³-hybridized carbons (Fsp3) is 0.667. The van der Waals surface area contributed by atoms with E-state index in [1.165, 1.54) is 19.3 Å². The Kier molecular flexibility index (Phi) is 9.31. The summed E-state index contributed by atoms with van der Waals surface area (Å²) < 4.78 is 5.87. The Hall–Kier alpha value is -0.900. The molecule has 0 aliphatic heterocycles. The molecule has 0 saturated heterocycles. The van der Waals surface area contributed by atoms with Crippen LogP contribution in [0.1, 0.15) is 45.1 Å². The zero-order chi connectivity index (χ0) is 15.5. The Morgan fingerprint density at radius 2 is 1.81 bits per heavy atom. The standard InChI is InChI=1S/C18H30O3/c1-3-8-15(4-2)11-12-21-18(17(20)14-19)13-16-9-6-5-7-10-16/h5-7,9-10,15,17-20H,3-4,8,11-14H2,1-2H3. The van der Waals surface area contributed by atoms with E-state index in [2.05, 4.69) is 13.8 Å². The maximum atomic E-state index is 9.93. The van der Waals surface area contributed by atoms with E-state index in [1.54, 1.807) is 0 Å². The molecule has 1 aromatic carbocycles. The predicted molar refractivity (Wildman–Crippen MR) is 86.3 cm³/mol. The van der Waals surface area contributed by atoms with Gasteiger partial charge in [-0.2, -0.15) is 0 Å². The van der Waals surface area contributed by atoms with Gasteiger partial charge in [-0.25, -0.2) is 0 Å². The molecule has 0 bridgehead atoms. The molecular weight excluding hydrogens is 264 g/mol. The lowest BCUT2D eigenvalue weighted by Crippen LogP contribution is -2.34. The van der Waals surface area contributed by atoms with Crippen LogP contribution < -0.4 is 0 Å². The van der Waals surface area contributed by atoms with Gasteiger partial charge >= 0.3 is 0 Å². The SMILES string of the molecule is CCCC(CC)CCOC(Cc1ccccc1)C(O)CO. The smallest absolute Gasteiger partial charge is 0.103 e. The lowest BCUT2D eigenvalue weighted by molar-refractivity contribution is -0.0603. The predicted octanol–water partition coefficient (Wildman–Crippen LogP) is 3.18. The first-order valence-corrected chi connectivity index (χ1v) is 8.15. The fourth-order valence-corrected chi connectivity index (χ4v) is 2.62. The van der Waals surface area contributed by atoms with E-state index in [4.69, 9.17) is 4.74 Å². The van der Waals surface area contributed by atoms with Gasteiger partial charge in [0, 0.05) is 13.0 Å². The molecule has 0 saturated carbocycles. The summed E-state index contributed by atoms with van der Waals surface area (Å²) in [5.41, 5.74) is 1.12. The van der Waals surface area contributed by atoms with Gasteiger partial charge in [0.25, 0.3) is 0 Å². The van der Waals surface area contributed by atoms with Crippen LogP contribution in [0.2, 0.25) is 0 Å². The van der Waals surface area contributed by atoms with Crippen LogP contribution in [0.3, 0.4) is 0 Å². The van der Waals surface area contributed by atoms with E-state index in [1.807, 2.05) is 30.3 Å². The van der Waals surface area contributed by atoms with E-state index < -0.39 is 6.10 Å². The van der Waals surface area contributed by atoms with E-state index in [-0.39, 0.29) is 12.7 Å². The number of rotatable bonds is 11. The van der Waals surface area contributed by atoms with Crippen molar-refractivity contribution in [3.63, 3.8) is 0 Å². The molecule has 0 spiro atoms. The number of aliphatic hydroxyl groups excluding tert-OH is 2. The molecule has 0 fully saturated rings. The third-order valence-electron chi connectivity index (χ3n) is 4.03. The molecule has 1 rings (SSSR count). The normalized spacial score (nSPS) is 15.6. The van der Waals surface area contributed by atoms with Gasteiger partial charge in [0.2, 0.25) is 0 Å². The van der Waals surface area contributed by atoms with Crippen molar-refractivity contribution in [1.82, 2.24) is 0 Å². The van der Waals surface area contributed by atoms with E-state index in [0.717, 1.165) is 12.0 Å². The molecule has 2 N–H and O–H groups in total. The van der Waals surface area contributed by atoms with Crippen LogP contribution in [-0.4, -0.2) is 35.6 Å². The topological polar surface area (TPSA) is 49.7 Å². The van der Waals surface area contributed by atoms with Gasteiger partial charge in [0.1, 0.15) is 6.10 Å². The zero-order valence-corrected chi connectivity index (χ0v) is 13.4. The molecule has 0 aliphatic carbocycles. The molecule has 3 atom stereocenters. The summed E-state index contributed by atoms with van der Waals surface area (Å²) in [5, 5.41) is 19.1. The van der Waals surface area contributed by atoms with Gasteiger partial charge in [-0.1, -0.05) is 63.4 Å². The van der Waals surface area contributed by atoms with Crippen LogP contribution in [0.5, 0.6) is 0 Å². The highest BCUT2D eigenvalue weighted by atomic mass is 16.5. The number of ether oxygens (including phenoxy) is 1. The summed E-state index contributed by atoms with van der Waals surface area (Å²) in [6.45, 7) is 4.80. The van der Waals surface area contributed by atoms with E-state index in [0.29, 0.717) is 18.9 Å². The van der Waals surface area contributed by atoms with E-state index in [9.17, 15) is 10.2 Å². The highest BCUT2D eigenvalue weighted by molar-refractivity contribution is 5.15. The highest BCUT2D eigenvalue weighted by Gasteiger charge is 2.20. The van der Waals surface area contributed by atoms with Crippen LogP contribution in [0, 0.1) is 5.92 Å². The second-order valence-electron chi connectivity index (χ2n) is 5.70. The molecule has 3 nitrogen and oxygen atoms in total. The second-order valence-corrected chi connectivity index (χ2v) is 5.70. The Morgan fingerprint density at radius 1 is 1.10 bits per heavy atom. The van der Waals surface area contributed by atoms with Gasteiger partial charge in [0.15, 0.2) is 0 Å². The number of aliphatic hydroxyl groups is 2. The average molecular weight is 294 g/mol. The monoisotopic (exact) mass is 294 g/mol. The number of benzene rings is 1. The minimum atomic E-state index is -0.823. The van der Waals surface area contributed by atoms with Crippen LogP contribution in [0.15, 0.2) is 30.3 Å². The van der Waals surface area contributed by atoms with Crippen LogP contribution in [0.25, 0.3) is 0 Å². The number of hydrogen-bond donors (Lipinski definition) is 2.